The van der Waals surface area contributed by atoms with Crippen LogP contribution in [0.2, 0.25) is 0 Å². The molecule has 0 spiro atoms. The topological polar surface area (TPSA) is 178 Å². The molecule has 0 saturated heterocycles. The summed E-state index contributed by atoms with van der Waals surface area (Å²) in [6.45, 7) is 4.58. The van der Waals surface area contributed by atoms with E-state index in [1.54, 1.807) is 19.1 Å². The maximum absolute atomic E-state index is 13.9. The van der Waals surface area contributed by atoms with Crippen LogP contribution in [0.1, 0.15) is 65.7 Å². The molecule has 0 aliphatic heterocycles. The predicted octanol–water partition coefficient (Wildman–Crippen LogP) is 3.89. The quantitative estimate of drug-likeness (QED) is 0.158. The molecule has 4 unspecified atom stereocenters. The molecule has 3 saturated carbocycles. The van der Waals surface area contributed by atoms with Gasteiger partial charge in [-0.3, -0.25) is 9.59 Å². The van der Waals surface area contributed by atoms with E-state index in [2.05, 4.69) is 4.84 Å². The van der Waals surface area contributed by atoms with Crippen molar-refractivity contribution in [3.05, 3.63) is 33.9 Å². The number of hydrogen-bond donors (Lipinski definition) is 1. The fourth-order valence-corrected chi connectivity index (χ4v) is 8.07. The second-order valence-electron chi connectivity index (χ2n) is 11.9. The standard InChI is InChI=1S/C29H39NO12/c1-4-38-26(35)42-29(23(33)17-40-25(34)39-13-5-6-14-41-30(36)37)12-10-21-20-8-7-18-15-19(31)9-11-27(18,2)24(20)22(32)16-28(21,29)3/h9,11,15,20-22,24,32H,4-8,10,12-14,16-17H2,1-3H3/t20?,21?,22?,24?,27-,28-,29-/m0/s1. The molecule has 0 radical (unpaired) electrons. The molecule has 4 aliphatic carbocycles. The summed E-state index contributed by atoms with van der Waals surface area (Å²) in [5.74, 6) is -0.984. The van der Waals surface area contributed by atoms with Crippen molar-refractivity contribution in [1.29, 1.82) is 0 Å². The van der Waals surface area contributed by atoms with Crippen LogP contribution in [0.25, 0.3) is 0 Å². The van der Waals surface area contributed by atoms with Gasteiger partial charge in [0.25, 0.3) is 5.09 Å². The molecule has 0 aromatic rings. The van der Waals surface area contributed by atoms with Gasteiger partial charge in [0.2, 0.25) is 5.78 Å². The van der Waals surface area contributed by atoms with Gasteiger partial charge in [-0.25, -0.2) is 9.59 Å². The van der Waals surface area contributed by atoms with E-state index >= 15 is 0 Å². The zero-order valence-corrected chi connectivity index (χ0v) is 24.2. The summed E-state index contributed by atoms with van der Waals surface area (Å²) >= 11 is 0. The molecule has 13 heteroatoms. The molecule has 232 valence electrons. The fraction of sp³-hybridized carbons (Fsp3) is 0.724. The Morgan fingerprint density at radius 1 is 1.10 bits per heavy atom. The molecule has 0 bridgehead atoms. The van der Waals surface area contributed by atoms with Crippen molar-refractivity contribution >= 4 is 23.9 Å². The molecule has 4 rings (SSSR count). The normalized spacial score (nSPS) is 34.7. The average molecular weight is 594 g/mol. The van der Waals surface area contributed by atoms with Crippen LogP contribution in [0.3, 0.4) is 0 Å². The lowest BCUT2D eigenvalue weighted by molar-refractivity contribution is -0.757. The van der Waals surface area contributed by atoms with Crippen LogP contribution in [0, 0.1) is 38.7 Å². The fourth-order valence-electron chi connectivity index (χ4n) is 8.07. The first kappa shape index (κ1) is 31.5. The Morgan fingerprint density at radius 2 is 1.83 bits per heavy atom. The predicted molar refractivity (Wildman–Crippen MR) is 143 cm³/mol. The van der Waals surface area contributed by atoms with Crippen molar-refractivity contribution in [3.8, 4) is 0 Å². The Kier molecular flexibility index (Phi) is 9.29. The summed E-state index contributed by atoms with van der Waals surface area (Å²) in [5.41, 5.74) is -2.19. The Bertz CT molecular complexity index is 1170. The molecular weight excluding hydrogens is 554 g/mol. The Hall–Kier alpha value is -3.48. The van der Waals surface area contributed by atoms with E-state index in [-0.39, 0.29) is 69.0 Å². The monoisotopic (exact) mass is 593 g/mol. The first-order chi connectivity index (χ1) is 19.9. The lowest BCUT2D eigenvalue weighted by Crippen LogP contribution is -2.63. The van der Waals surface area contributed by atoms with Crippen LogP contribution in [0.4, 0.5) is 9.59 Å². The van der Waals surface area contributed by atoms with E-state index in [0.29, 0.717) is 19.3 Å². The highest BCUT2D eigenvalue weighted by Crippen LogP contribution is 2.68. The molecule has 0 aromatic carbocycles. The van der Waals surface area contributed by atoms with Gasteiger partial charge < -0.3 is 28.9 Å². The minimum atomic E-state index is -1.70. The number of carbonyl (C=O) groups excluding carboxylic acids is 4. The molecule has 7 atom stereocenters. The third-order valence-electron chi connectivity index (χ3n) is 9.86. The zero-order valence-electron chi connectivity index (χ0n) is 24.2. The number of allylic oxidation sites excluding steroid dienone is 4. The van der Waals surface area contributed by atoms with Crippen LogP contribution in [-0.2, 0) is 33.4 Å². The molecule has 0 heterocycles. The largest absolute Gasteiger partial charge is 0.509 e. The molecule has 0 aromatic heterocycles. The van der Waals surface area contributed by atoms with Gasteiger partial charge in [0.1, 0.15) is 0 Å². The highest BCUT2D eigenvalue weighted by molar-refractivity contribution is 6.01. The molecule has 0 amide bonds. The first-order valence-electron chi connectivity index (χ1n) is 14.5. The number of fused-ring (bicyclic) bond motifs is 5. The molecule has 3 fully saturated rings. The Labute approximate surface area is 243 Å². The smallest absolute Gasteiger partial charge is 0.435 e. The van der Waals surface area contributed by atoms with E-state index in [1.165, 1.54) is 0 Å². The lowest BCUT2D eigenvalue weighted by Gasteiger charge is -2.59. The van der Waals surface area contributed by atoms with Crippen LogP contribution < -0.4 is 0 Å². The Balaban J connectivity index is 1.50. The molecule has 42 heavy (non-hydrogen) atoms. The second kappa shape index (κ2) is 12.4. The SMILES string of the molecule is CCOC(=O)O[C@]1(C(=O)COC(=O)OCCCCO[N+](=O)[O-])CCC2C3CCC4=CC(=O)C=C[C@]4(C)C3C(O)C[C@@]21C. The summed E-state index contributed by atoms with van der Waals surface area (Å²) < 4.78 is 20.9. The van der Waals surface area contributed by atoms with Crippen LogP contribution in [-0.4, -0.2) is 72.2 Å². The number of ketones is 2. The van der Waals surface area contributed by atoms with E-state index in [0.717, 1.165) is 5.57 Å². The lowest BCUT2D eigenvalue weighted by atomic mass is 9.46. The highest BCUT2D eigenvalue weighted by Gasteiger charge is 2.70. The number of ether oxygens (including phenoxy) is 4. The minimum Gasteiger partial charge on any atom is -0.435 e. The van der Waals surface area contributed by atoms with Crippen LogP contribution in [0.5, 0.6) is 0 Å². The van der Waals surface area contributed by atoms with Gasteiger partial charge >= 0.3 is 12.3 Å². The van der Waals surface area contributed by atoms with Gasteiger partial charge in [-0.05, 0) is 75.9 Å². The van der Waals surface area contributed by atoms with Crippen molar-refractivity contribution in [2.24, 2.45) is 28.6 Å². The van der Waals surface area contributed by atoms with Gasteiger partial charge in [0, 0.05) is 16.7 Å². The average Bonchev–Trinajstić information content (AvgIpc) is 3.21. The molecule has 13 nitrogen and oxygen atoms in total. The maximum Gasteiger partial charge on any atom is 0.509 e. The van der Waals surface area contributed by atoms with Crippen LogP contribution in [0.15, 0.2) is 23.8 Å². The number of aliphatic hydroxyl groups excluding tert-OH is 1. The number of carbonyl (C=O) groups is 4. The van der Waals surface area contributed by atoms with E-state index < -0.39 is 52.3 Å². The van der Waals surface area contributed by atoms with Crippen molar-refractivity contribution in [2.75, 3.05) is 26.4 Å². The van der Waals surface area contributed by atoms with Gasteiger partial charge in [0.15, 0.2) is 18.0 Å². The molecular formula is C29H39NO12. The van der Waals surface area contributed by atoms with Crippen molar-refractivity contribution in [1.82, 2.24) is 0 Å². The third-order valence-corrected chi connectivity index (χ3v) is 9.86. The summed E-state index contributed by atoms with van der Waals surface area (Å²) in [7, 11) is 0. The number of unbranched alkanes of at least 4 members (excludes halogenated alkanes) is 1. The molecule has 4 aliphatic rings. The second-order valence-corrected chi connectivity index (χ2v) is 11.9. The summed E-state index contributed by atoms with van der Waals surface area (Å²) in [4.78, 5) is 65.2. The van der Waals surface area contributed by atoms with Gasteiger partial charge in [-0.2, -0.15) is 0 Å². The Morgan fingerprint density at radius 3 is 2.55 bits per heavy atom. The van der Waals surface area contributed by atoms with Crippen molar-refractivity contribution in [3.63, 3.8) is 0 Å². The summed E-state index contributed by atoms with van der Waals surface area (Å²) in [6, 6.07) is 0. The van der Waals surface area contributed by atoms with E-state index in [9.17, 15) is 34.4 Å². The number of nitrogens with zero attached hydrogens (tertiary/aromatic N) is 1. The number of Topliss-reactive ketones (excluding diaryl/α,β-unsaturated/α-hetero) is 1. The number of rotatable bonds is 11. The van der Waals surface area contributed by atoms with Crippen molar-refractivity contribution in [2.45, 2.75) is 77.4 Å². The molecule has 1 N–H and O–H groups in total. The van der Waals surface area contributed by atoms with Gasteiger partial charge in [-0.1, -0.05) is 25.5 Å². The van der Waals surface area contributed by atoms with Crippen molar-refractivity contribution < 1.29 is 53.2 Å². The first-order valence-corrected chi connectivity index (χ1v) is 14.5. The summed E-state index contributed by atoms with van der Waals surface area (Å²) in [6.07, 6.45) is 4.96. The third kappa shape index (κ3) is 5.75. The zero-order chi connectivity index (χ0) is 30.7. The maximum atomic E-state index is 13.9. The minimum absolute atomic E-state index is 0.00982. The van der Waals surface area contributed by atoms with Gasteiger partial charge in [-0.15, -0.1) is 10.1 Å². The van der Waals surface area contributed by atoms with E-state index in [1.807, 2.05) is 19.9 Å². The number of hydrogen-bond acceptors (Lipinski definition) is 12. The summed E-state index contributed by atoms with van der Waals surface area (Å²) in [5, 5.41) is 20.9. The number of aliphatic hydroxyl groups is 1. The van der Waals surface area contributed by atoms with E-state index in [4.69, 9.17) is 18.9 Å². The van der Waals surface area contributed by atoms with Gasteiger partial charge in [0.05, 0.1) is 25.9 Å². The highest BCUT2D eigenvalue weighted by atomic mass is 16.9. The van der Waals surface area contributed by atoms with Crippen LogP contribution >= 0.6 is 0 Å².